The van der Waals surface area contributed by atoms with Crippen LogP contribution in [0.15, 0.2) is 24.4 Å². The van der Waals surface area contributed by atoms with Crippen molar-refractivity contribution in [2.45, 2.75) is 13.3 Å². The topological polar surface area (TPSA) is 82.6 Å². The normalized spacial score (nSPS) is 10.6. The third kappa shape index (κ3) is 3.16. The second-order valence-corrected chi connectivity index (χ2v) is 4.68. The fourth-order valence-electron chi connectivity index (χ4n) is 2.34. The Morgan fingerprint density at radius 2 is 2.14 bits per heavy atom. The van der Waals surface area contributed by atoms with Crippen LogP contribution in [0.1, 0.15) is 12.5 Å². The van der Waals surface area contributed by atoms with Gasteiger partial charge < -0.3 is 19.7 Å². The maximum Gasteiger partial charge on any atom is 0.323 e. The molecule has 0 aliphatic heterocycles. The van der Waals surface area contributed by atoms with Crippen molar-refractivity contribution in [3.63, 3.8) is 0 Å². The van der Waals surface area contributed by atoms with Crippen LogP contribution in [0.5, 0.6) is 5.75 Å². The molecular weight excluding hydrogens is 272 g/mol. The van der Waals surface area contributed by atoms with Crippen molar-refractivity contribution in [3.05, 3.63) is 30.0 Å². The number of benzene rings is 1. The minimum Gasteiger partial charge on any atom is -0.496 e. The lowest BCUT2D eigenvalue weighted by molar-refractivity contribution is -0.144. The SMILES string of the molecule is CCN(CC(=O)O)C(=O)Cc1c[nH]c2cccc(OC)c12. The largest absolute Gasteiger partial charge is 0.496 e. The fraction of sp³-hybridized carbons (Fsp3) is 0.333. The van der Waals surface area contributed by atoms with Crippen molar-refractivity contribution >= 4 is 22.8 Å². The molecule has 0 atom stereocenters. The van der Waals surface area contributed by atoms with E-state index in [0.717, 1.165) is 16.5 Å². The summed E-state index contributed by atoms with van der Waals surface area (Å²) in [4.78, 5) is 27.4. The average molecular weight is 290 g/mol. The number of amides is 1. The summed E-state index contributed by atoms with van der Waals surface area (Å²) in [6.07, 6.45) is 1.90. The highest BCUT2D eigenvalue weighted by atomic mass is 16.5. The minimum atomic E-state index is -1.01. The number of rotatable bonds is 6. The molecule has 1 amide bonds. The standard InChI is InChI=1S/C15H18N2O4/c1-3-17(9-14(19)20)13(18)7-10-8-16-11-5-4-6-12(21-2)15(10)11/h4-6,8,16H,3,7,9H2,1-2H3,(H,19,20). The summed E-state index contributed by atoms with van der Waals surface area (Å²) in [5.41, 5.74) is 1.69. The number of carbonyl (C=O) groups is 2. The second-order valence-electron chi connectivity index (χ2n) is 4.68. The van der Waals surface area contributed by atoms with E-state index in [2.05, 4.69) is 4.98 Å². The Bertz CT molecular complexity index is 663. The molecule has 21 heavy (non-hydrogen) atoms. The van der Waals surface area contributed by atoms with Gasteiger partial charge in [0.2, 0.25) is 5.91 Å². The van der Waals surface area contributed by atoms with Gasteiger partial charge in [0.1, 0.15) is 12.3 Å². The lowest BCUT2D eigenvalue weighted by Gasteiger charge is -2.18. The molecule has 2 N–H and O–H groups in total. The van der Waals surface area contributed by atoms with Crippen molar-refractivity contribution in [3.8, 4) is 5.75 Å². The molecule has 1 heterocycles. The number of aromatic nitrogens is 1. The number of carboxylic acid groups (broad SMARTS) is 1. The quantitative estimate of drug-likeness (QED) is 0.847. The molecule has 0 radical (unpaired) electrons. The van der Waals surface area contributed by atoms with E-state index in [1.54, 1.807) is 20.2 Å². The van der Waals surface area contributed by atoms with Crippen molar-refractivity contribution in [2.75, 3.05) is 20.2 Å². The van der Waals surface area contributed by atoms with Gasteiger partial charge in [-0.05, 0) is 24.6 Å². The third-order valence-corrected chi connectivity index (χ3v) is 3.37. The molecule has 0 saturated heterocycles. The average Bonchev–Trinajstić information content (AvgIpc) is 2.87. The van der Waals surface area contributed by atoms with Crippen LogP contribution in [0.4, 0.5) is 0 Å². The molecular formula is C15H18N2O4. The van der Waals surface area contributed by atoms with Gasteiger partial charge in [-0.3, -0.25) is 9.59 Å². The van der Waals surface area contributed by atoms with Crippen LogP contribution < -0.4 is 4.74 Å². The number of methoxy groups -OCH3 is 1. The van der Waals surface area contributed by atoms with Crippen LogP contribution >= 0.6 is 0 Å². The molecule has 0 aliphatic carbocycles. The molecule has 0 bridgehead atoms. The van der Waals surface area contributed by atoms with E-state index in [1.807, 2.05) is 18.2 Å². The summed E-state index contributed by atoms with van der Waals surface area (Å²) in [6, 6.07) is 5.60. The summed E-state index contributed by atoms with van der Waals surface area (Å²) < 4.78 is 5.32. The molecule has 0 spiro atoms. The summed E-state index contributed by atoms with van der Waals surface area (Å²) >= 11 is 0. The number of H-pyrrole nitrogens is 1. The maximum atomic E-state index is 12.2. The minimum absolute atomic E-state index is 0.140. The molecule has 2 aromatic rings. The summed E-state index contributed by atoms with van der Waals surface area (Å²) in [6.45, 7) is 1.84. The third-order valence-electron chi connectivity index (χ3n) is 3.37. The summed E-state index contributed by atoms with van der Waals surface area (Å²) in [5.74, 6) is -0.536. The Balaban J connectivity index is 2.27. The smallest absolute Gasteiger partial charge is 0.323 e. The predicted molar refractivity (Wildman–Crippen MR) is 78.4 cm³/mol. The van der Waals surface area contributed by atoms with E-state index < -0.39 is 5.97 Å². The van der Waals surface area contributed by atoms with Gasteiger partial charge in [0.15, 0.2) is 0 Å². The highest BCUT2D eigenvalue weighted by molar-refractivity contribution is 5.93. The number of carboxylic acids is 1. The van der Waals surface area contributed by atoms with Gasteiger partial charge in [-0.15, -0.1) is 0 Å². The number of likely N-dealkylation sites (N-methyl/N-ethyl adjacent to an activating group) is 1. The Hall–Kier alpha value is -2.50. The van der Waals surface area contributed by atoms with Crippen LogP contribution in [0.25, 0.3) is 10.9 Å². The first kappa shape index (κ1) is 14.9. The molecule has 0 fully saturated rings. The van der Waals surface area contributed by atoms with E-state index in [1.165, 1.54) is 4.90 Å². The monoisotopic (exact) mass is 290 g/mol. The highest BCUT2D eigenvalue weighted by Crippen LogP contribution is 2.29. The lowest BCUT2D eigenvalue weighted by Crippen LogP contribution is -2.36. The molecule has 6 heteroatoms. The van der Waals surface area contributed by atoms with Crippen LogP contribution in [-0.2, 0) is 16.0 Å². The number of nitrogens with zero attached hydrogens (tertiary/aromatic N) is 1. The van der Waals surface area contributed by atoms with Crippen molar-refractivity contribution < 1.29 is 19.4 Å². The predicted octanol–water partition coefficient (Wildman–Crippen LogP) is 1.65. The first-order chi connectivity index (χ1) is 10.1. The number of ether oxygens (including phenoxy) is 1. The van der Waals surface area contributed by atoms with E-state index in [-0.39, 0.29) is 18.9 Å². The van der Waals surface area contributed by atoms with Crippen LogP contribution in [0, 0.1) is 0 Å². The van der Waals surface area contributed by atoms with Gasteiger partial charge in [-0.1, -0.05) is 6.07 Å². The first-order valence-corrected chi connectivity index (χ1v) is 6.69. The van der Waals surface area contributed by atoms with Gasteiger partial charge >= 0.3 is 5.97 Å². The zero-order chi connectivity index (χ0) is 15.4. The van der Waals surface area contributed by atoms with Crippen molar-refractivity contribution in [2.24, 2.45) is 0 Å². The van der Waals surface area contributed by atoms with Gasteiger partial charge in [0, 0.05) is 23.6 Å². The molecule has 1 aromatic carbocycles. The summed E-state index contributed by atoms with van der Waals surface area (Å²) in [7, 11) is 1.58. The number of aliphatic carboxylic acids is 1. The van der Waals surface area contributed by atoms with Gasteiger partial charge in [0.25, 0.3) is 0 Å². The van der Waals surface area contributed by atoms with E-state index in [4.69, 9.17) is 9.84 Å². The van der Waals surface area contributed by atoms with Crippen molar-refractivity contribution in [1.29, 1.82) is 0 Å². The Kier molecular flexibility index (Phi) is 4.47. The van der Waals surface area contributed by atoms with Gasteiger partial charge in [-0.2, -0.15) is 0 Å². The van der Waals surface area contributed by atoms with Crippen molar-refractivity contribution in [1.82, 2.24) is 9.88 Å². The first-order valence-electron chi connectivity index (χ1n) is 6.69. The Morgan fingerprint density at radius 3 is 2.76 bits per heavy atom. The van der Waals surface area contributed by atoms with E-state index in [9.17, 15) is 9.59 Å². The molecule has 0 saturated carbocycles. The molecule has 6 nitrogen and oxygen atoms in total. The number of fused-ring (bicyclic) bond motifs is 1. The molecule has 2 rings (SSSR count). The zero-order valence-corrected chi connectivity index (χ0v) is 12.0. The number of nitrogens with one attached hydrogen (secondary N) is 1. The molecule has 112 valence electrons. The fourth-order valence-corrected chi connectivity index (χ4v) is 2.34. The zero-order valence-electron chi connectivity index (χ0n) is 12.0. The van der Waals surface area contributed by atoms with E-state index >= 15 is 0 Å². The number of hydrogen-bond acceptors (Lipinski definition) is 3. The second kappa shape index (κ2) is 6.30. The van der Waals surface area contributed by atoms with Gasteiger partial charge in [-0.25, -0.2) is 0 Å². The van der Waals surface area contributed by atoms with Crippen LogP contribution in [-0.4, -0.2) is 47.1 Å². The van der Waals surface area contributed by atoms with Crippen LogP contribution in [0.3, 0.4) is 0 Å². The maximum absolute atomic E-state index is 12.2. The molecule has 1 aromatic heterocycles. The van der Waals surface area contributed by atoms with Crippen LogP contribution in [0.2, 0.25) is 0 Å². The molecule has 0 unspecified atom stereocenters. The number of aromatic amines is 1. The number of carbonyl (C=O) groups excluding carboxylic acids is 1. The Labute approximate surface area is 122 Å². The number of hydrogen-bond donors (Lipinski definition) is 2. The Morgan fingerprint density at radius 1 is 1.38 bits per heavy atom. The lowest BCUT2D eigenvalue weighted by atomic mass is 10.1. The van der Waals surface area contributed by atoms with Gasteiger partial charge in [0.05, 0.1) is 13.5 Å². The molecule has 0 aliphatic rings. The summed E-state index contributed by atoms with van der Waals surface area (Å²) in [5, 5.41) is 9.68. The highest BCUT2D eigenvalue weighted by Gasteiger charge is 2.18. The van der Waals surface area contributed by atoms with E-state index in [0.29, 0.717) is 12.3 Å².